The molecule has 5 aromatic rings. The third kappa shape index (κ3) is 5.84. The van der Waals surface area contributed by atoms with Gasteiger partial charge in [0.05, 0.1) is 37.5 Å². The van der Waals surface area contributed by atoms with Crippen LogP contribution in [-0.4, -0.2) is 40.3 Å². The van der Waals surface area contributed by atoms with Crippen molar-refractivity contribution in [2.75, 3.05) is 13.7 Å². The number of hydrogen-bond acceptors (Lipinski definition) is 7. The summed E-state index contributed by atoms with van der Waals surface area (Å²) in [6, 6.07) is 14.4. The molecule has 4 heterocycles. The van der Waals surface area contributed by atoms with E-state index in [-0.39, 0.29) is 30.7 Å². The Kier molecular flexibility index (Phi) is 7.88. The summed E-state index contributed by atoms with van der Waals surface area (Å²) < 4.78 is 48.1. The summed E-state index contributed by atoms with van der Waals surface area (Å²) in [7, 11) is 1.34. The Labute approximate surface area is 250 Å². The van der Waals surface area contributed by atoms with Crippen LogP contribution in [0.3, 0.4) is 0 Å². The standard InChI is InChI=1S/C32H26F2N4O4S/c1-18-11-20(12-29-37-31-27(15-28(43-31)32(39)40-3)38(29)16-22-9-10-41-22)25(34)14-23(18)26-5-4-6-30(36-26)42-17-19-7-8-21(35-2)13-24(19)33/h4-8,11,13-15,22H,9-10,12,16-17H2,1,3H3/t22-/m0/s1. The van der Waals surface area contributed by atoms with Gasteiger partial charge in [-0.25, -0.2) is 28.4 Å². The molecule has 0 aliphatic carbocycles. The summed E-state index contributed by atoms with van der Waals surface area (Å²) in [6.45, 7) is 10.1. The zero-order valence-corrected chi connectivity index (χ0v) is 24.2. The highest BCUT2D eigenvalue weighted by Gasteiger charge is 2.25. The van der Waals surface area contributed by atoms with Crippen molar-refractivity contribution >= 4 is 33.3 Å². The molecule has 1 atom stereocenters. The lowest BCUT2D eigenvalue weighted by molar-refractivity contribution is -0.0589. The molecule has 1 aliphatic rings. The van der Waals surface area contributed by atoms with Crippen molar-refractivity contribution in [1.29, 1.82) is 0 Å². The molecule has 1 aliphatic heterocycles. The number of ether oxygens (including phenoxy) is 3. The number of halogens is 2. The second kappa shape index (κ2) is 11.9. The predicted molar refractivity (Wildman–Crippen MR) is 157 cm³/mol. The number of thiophene rings is 1. The average molecular weight is 601 g/mol. The van der Waals surface area contributed by atoms with Crippen LogP contribution in [0.1, 0.15) is 38.6 Å². The summed E-state index contributed by atoms with van der Waals surface area (Å²) in [5.74, 6) is -0.392. The summed E-state index contributed by atoms with van der Waals surface area (Å²) in [5.41, 5.74) is 3.73. The lowest BCUT2D eigenvalue weighted by Crippen LogP contribution is -2.31. The number of rotatable bonds is 9. The summed E-state index contributed by atoms with van der Waals surface area (Å²) in [5, 5.41) is 0. The summed E-state index contributed by atoms with van der Waals surface area (Å²) in [6.07, 6.45) is 1.22. The predicted octanol–water partition coefficient (Wildman–Crippen LogP) is 7.04. The molecule has 0 unspecified atom stereocenters. The zero-order chi connectivity index (χ0) is 30.1. The first-order valence-electron chi connectivity index (χ1n) is 13.6. The molecule has 0 spiro atoms. The van der Waals surface area contributed by atoms with Crippen LogP contribution in [0.5, 0.6) is 5.88 Å². The second-order valence-corrected chi connectivity index (χ2v) is 11.2. The Balaban J connectivity index is 1.24. The Morgan fingerprint density at radius 3 is 2.67 bits per heavy atom. The number of fused-ring (bicyclic) bond motifs is 1. The number of aryl methyl sites for hydroxylation is 1. The number of methoxy groups -OCH3 is 1. The van der Waals surface area contributed by atoms with Crippen molar-refractivity contribution in [3.8, 4) is 17.1 Å². The first-order valence-corrected chi connectivity index (χ1v) is 14.4. The highest BCUT2D eigenvalue weighted by molar-refractivity contribution is 7.20. The first kappa shape index (κ1) is 28.5. The van der Waals surface area contributed by atoms with Crippen LogP contribution in [-0.2, 0) is 29.0 Å². The Morgan fingerprint density at radius 2 is 1.95 bits per heavy atom. The maximum absolute atomic E-state index is 15.6. The van der Waals surface area contributed by atoms with Gasteiger partial charge < -0.3 is 18.8 Å². The molecule has 0 saturated carbocycles. The van der Waals surface area contributed by atoms with Gasteiger partial charge in [0.2, 0.25) is 5.88 Å². The fourth-order valence-electron chi connectivity index (χ4n) is 4.98. The second-order valence-electron chi connectivity index (χ2n) is 10.2. The molecule has 218 valence electrons. The van der Waals surface area contributed by atoms with E-state index in [0.29, 0.717) is 51.1 Å². The normalized spacial score (nSPS) is 14.3. The van der Waals surface area contributed by atoms with Crippen molar-refractivity contribution in [2.45, 2.75) is 39.0 Å². The molecule has 0 bridgehead atoms. The topological polar surface area (TPSA) is 79.8 Å². The van der Waals surface area contributed by atoms with Crippen LogP contribution >= 0.6 is 11.3 Å². The van der Waals surface area contributed by atoms with Crippen LogP contribution in [0.25, 0.3) is 26.4 Å². The minimum atomic E-state index is -0.525. The number of nitrogens with zero attached hydrogens (tertiary/aromatic N) is 4. The van der Waals surface area contributed by atoms with Gasteiger partial charge in [-0.3, -0.25) is 0 Å². The molecular formula is C32H26F2N4O4S. The fraction of sp³-hybridized carbons (Fsp3) is 0.250. The molecular weight excluding hydrogens is 574 g/mol. The molecule has 8 nitrogen and oxygen atoms in total. The van der Waals surface area contributed by atoms with Gasteiger partial charge in [0.25, 0.3) is 0 Å². The highest BCUT2D eigenvalue weighted by atomic mass is 32.1. The number of hydrogen-bond donors (Lipinski definition) is 0. The third-order valence-corrected chi connectivity index (χ3v) is 8.37. The average Bonchev–Trinajstić information content (AvgIpc) is 3.53. The number of esters is 1. The van der Waals surface area contributed by atoms with Crippen LogP contribution in [0, 0.1) is 25.1 Å². The van der Waals surface area contributed by atoms with Crippen LogP contribution in [0.4, 0.5) is 14.5 Å². The molecule has 6 rings (SSSR count). The maximum Gasteiger partial charge on any atom is 0.348 e. The van der Waals surface area contributed by atoms with E-state index in [9.17, 15) is 9.18 Å². The van der Waals surface area contributed by atoms with E-state index in [4.69, 9.17) is 25.8 Å². The Hall–Kier alpha value is -4.66. The Bertz CT molecular complexity index is 1890. The van der Waals surface area contributed by atoms with Crippen molar-refractivity contribution in [2.24, 2.45) is 0 Å². The SMILES string of the molecule is [C-]#[N+]c1ccc(COc2cccc(-c3cc(F)c(Cc4nc5sc(C(=O)OC)cc5n4C[C@@H]4CCO4)cc3C)n2)c(F)c1. The van der Waals surface area contributed by atoms with Gasteiger partial charge >= 0.3 is 5.97 Å². The monoisotopic (exact) mass is 600 g/mol. The van der Waals surface area contributed by atoms with Gasteiger partial charge in [-0.15, -0.1) is 11.3 Å². The first-order chi connectivity index (χ1) is 20.8. The smallest absolute Gasteiger partial charge is 0.348 e. The largest absolute Gasteiger partial charge is 0.473 e. The van der Waals surface area contributed by atoms with Crippen LogP contribution < -0.4 is 4.74 Å². The summed E-state index contributed by atoms with van der Waals surface area (Å²) in [4.78, 5) is 25.7. The number of aromatic nitrogens is 3. The quantitative estimate of drug-likeness (QED) is 0.133. The van der Waals surface area contributed by atoms with E-state index < -0.39 is 17.6 Å². The van der Waals surface area contributed by atoms with E-state index in [0.717, 1.165) is 17.5 Å². The van der Waals surface area contributed by atoms with Crippen LogP contribution in [0.2, 0.25) is 0 Å². The number of carbonyl (C=O) groups is 1. The number of benzene rings is 2. The number of pyridine rings is 1. The van der Waals surface area contributed by atoms with Gasteiger partial charge in [0.15, 0.2) is 5.69 Å². The lowest BCUT2D eigenvalue weighted by atomic mass is 9.99. The molecule has 0 N–H and O–H groups in total. The van der Waals surface area contributed by atoms with Crippen LogP contribution in [0.15, 0.2) is 54.6 Å². The van der Waals surface area contributed by atoms with E-state index >= 15 is 4.39 Å². The summed E-state index contributed by atoms with van der Waals surface area (Å²) >= 11 is 1.25. The van der Waals surface area contributed by atoms with Crippen molar-refractivity contribution in [1.82, 2.24) is 14.5 Å². The van der Waals surface area contributed by atoms with E-state index in [1.807, 2.05) is 11.5 Å². The zero-order valence-electron chi connectivity index (χ0n) is 23.4. The van der Waals surface area contributed by atoms with Gasteiger partial charge in [-0.05, 0) is 48.7 Å². The minimum absolute atomic E-state index is 0.0433. The molecule has 0 amide bonds. The van der Waals surface area contributed by atoms with Gasteiger partial charge in [-0.2, -0.15) is 0 Å². The maximum atomic E-state index is 15.6. The molecule has 2 aromatic carbocycles. The minimum Gasteiger partial charge on any atom is -0.473 e. The third-order valence-electron chi connectivity index (χ3n) is 7.38. The van der Waals surface area contributed by atoms with Gasteiger partial charge in [0.1, 0.15) is 33.8 Å². The molecule has 3 aromatic heterocycles. The number of imidazole rings is 1. The van der Waals surface area contributed by atoms with Crippen molar-refractivity contribution < 1.29 is 27.8 Å². The van der Waals surface area contributed by atoms with Gasteiger partial charge in [-0.1, -0.05) is 24.3 Å². The van der Waals surface area contributed by atoms with E-state index in [2.05, 4.69) is 9.83 Å². The highest BCUT2D eigenvalue weighted by Crippen LogP contribution is 2.32. The molecule has 43 heavy (non-hydrogen) atoms. The van der Waals surface area contributed by atoms with Crippen molar-refractivity contribution in [3.05, 3.63) is 105 Å². The lowest BCUT2D eigenvalue weighted by Gasteiger charge is -2.27. The van der Waals surface area contributed by atoms with E-state index in [1.165, 1.54) is 42.7 Å². The molecule has 0 radical (unpaired) electrons. The number of carbonyl (C=O) groups excluding carboxylic acids is 1. The van der Waals surface area contributed by atoms with Crippen molar-refractivity contribution in [3.63, 3.8) is 0 Å². The fourth-order valence-corrected chi connectivity index (χ4v) is 5.95. The Morgan fingerprint density at radius 1 is 1.14 bits per heavy atom. The van der Waals surface area contributed by atoms with Gasteiger partial charge in [0, 0.05) is 30.2 Å². The molecule has 1 fully saturated rings. The molecule has 11 heteroatoms. The van der Waals surface area contributed by atoms with E-state index in [1.54, 1.807) is 30.3 Å². The molecule has 1 saturated heterocycles.